The monoisotopic (exact) mass is 238 g/mol. The van der Waals surface area contributed by atoms with Crippen LogP contribution in [-0.2, 0) is 11.1 Å². The van der Waals surface area contributed by atoms with Gasteiger partial charge in [0.2, 0.25) is 11.1 Å². The van der Waals surface area contributed by atoms with Gasteiger partial charge >= 0.3 is 11.2 Å². The average molecular weight is 238 g/mol. The lowest BCUT2D eigenvalue weighted by atomic mass is 10.1. The van der Waals surface area contributed by atoms with E-state index in [2.05, 4.69) is 0 Å². The Balaban J connectivity index is 4.36. The molecule has 0 heterocycles. The Kier molecular flexibility index (Phi) is 4.96. The molecule has 0 aliphatic heterocycles. The van der Waals surface area contributed by atoms with E-state index in [-0.39, 0.29) is 19.4 Å². The van der Waals surface area contributed by atoms with Crippen molar-refractivity contribution >= 4 is 11.1 Å². The fourth-order valence-electron chi connectivity index (χ4n) is 0.732. The number of unbranched alkanes of at least 4 members (excludes halogenated alkanes) is 1. The molecule has 0 rings (SSSR count). The van der Waals surface area contributed by atoms with Gasteiger partial charge in [0.1, 0.15) is 0 Å². The molecule has 0 fully saturated rings. The van der Waals surface area contributed by atoms with Crippen molar-refractivity contribution in [2.24, 2.45) is 0 Å². The standard InChI is InChI=1S/C6H10F4O3S/c7-5(8,3-1-2-4-11)6(9,10)14(12)13/h11H,1-4H2,(H,12,13). The van der Waals surface area contributed by atoms with E-state index < -0.39 is 28.7 Å². The van der Waals surface area contributed by atoms with Crippen molar-refractivity contribution < 1.29 is 31.4 Å². The van der Waals surface area contributed by atoms with E-state index in [4.69, 9.17) is 9.66 Å². The summed E-state index contributed by atoms with van der Waals surface area (Å²) in [4.78, 5) is 0. The zero-order chi connectivity index (χ0) is 11.4. The number of alkyl halides is 4. The van der Waals surface area contributed by atoms with Gasteiger partial charge in [-0.25, -0.2) is 4.21 Å². The lowest BCUT2D eigenvalue weighted by Gasteiger charge is -2.22. The van der Waals surface area contributed by atoms with Gasteiger partial charge in [-0.3, -0.25) is 0 Å². The molecule has 14 heavy (non-hydrogen) atoms. The van der Waals surface area contributed by atoms with Crippen LogP contribution in [0.1, 0.15) is 19.3 Å². The van der Waals surface area contributed by atoms with Crippen LogP contribution in [-0.4, -0.2) is 31.7 Å². The summed E-state index contributed by atoms with van der Waals surface area (Å²) >= 11 is -3.90. The van der Waals surface area contributed by atoms with E-state index >= 15 is 0 Å². The maximum atomic E-state index is 12.6. The van der Waals surface area contributed by atoms with E-state index in [0.29, 0.717) is 0 Å². The van der Waals surface area contributed by atoms with Crippen LogP contribution in [0.3, 0.4) is 0 Å². The van der Waals surface area contributed by atoms with Crippen molar-refractivity contribution in [3.05, 3.63) is 0 Å². The van der Waals surface area contributed by atoms with Crippen LogP contribution in [0.25, 0.3) is 0 Å². The zero-order valence-electron chi connectivity index (χ0n) is 7.05. The molecule has 0 saturated heterocycles. The molecule has 86 valence electrons. The normalized spacial score (nSPS) is 15.6. The first-order valence-electron chi connectivity index (χ1n) is 3.73. The fourth-order valence-corrected chi connectivity index (χ4v) is 1.09. The third kappa shape index (κ3) is 3.18. The summed E-state index contributed by atoms with van der Waals surface area (Å²) in [5.74, 6) is -4.53. The first-order chi connectivity index (χ1) is 6.25. The smallest absolute Gasteiger partial charge is 0.396 e. The van der Waals surface area contributed by atoms with Gasteiger partial charge in [0.25, 0.3) is 0 Å². The third-order valence-electron chi connectivity index (χ3n) is 1.54. The Bertz CT molecular complexity index is 209. The van der Waals surface area contributed by atoms with Crippen LogP contribution in [0, 0.1) is 0 Å². The molecule has 1 unspecified atom stereocenters. The maximum absolute atomic E-state index is 12.6. The largest absolute Gasteiger partial charge is 0.406 e. The number of hydrogen-bond donors (Lipinski definition) is 2. The molecule has 0 saturated carbocycles. The highest BCUT2D eigenvalue weighted by Crippen LogP contribution is 2.39. The molecule has 8 heteroatoms. The minimum absolute atomic E-state index is 0.0519. The van der Waals surface area contributed by atoms with Gasteiger partial charge in [-0.2, -0.15) is 17.6 Å². The molecule has 2 N–H and O–H groups in total. The fraction of sp³-hybridized carbons (Fsp3) is 1.00. The maximum Gasteiger partial charge on any atom is 0.406 e. The molecular formula is C6H10F4O3S. The lowest BCUT2D eigenvalue weighted by Crippen LogP contribution is -2.43. The minimum atomic E-state index is -4.94. The molecule has 0 radical (unpaired) electrons. The summed E-state index contributed by atoms with van der Waals surface area (Å²) in [6.45, 7) is -0.385. The highest BCUT2D eigenvalue weighted by Gasteiger charge is 2.60. The Morgan fingerprint density at radius 2 is 1.64 bits per heavy atom. The van der Waals surface area contributed by atoms with Crippen molar-refractivity contribution in [3.8, 4) is 0 Å². The Morgan fingerprint density at radius 1 is 1.14 bits per heavy atom. The highest BCUT2D eigenvalue weighted by atomic mass is 32.2. The Hall–Kier alpha value is -0.210. The van der Waals surface area contributed by atoms with Crippen LogP contribution in [0.5, 0.6) is 0 Å². The molecule has 0 aliphatic carbocycles. The summed E-state index contributed by atoms with van der Waals surface area (Å²) in [6, 6.07) is 0. The van der Waals surface area contributed by atoms with Crippen LogP contribution >= 0.6 is 0 Å². The molecule has 0 aromatic rings. The van der Waals surface area contributed by atoms with Gasteiger partial charge in [-0.05, 0) is 12.8 Å². The van der Waals surface area contributed by atoms with Gasteiger partial charge in [-0.1, -0.05) is 0 Å². The van der Waals surface area contributed by atoms with E-state index in [0.717, 1.165) is 0 Å². The third-order valence-corrected chi connectivity index (χ3v) is 2.28. The SMILES string of the molecule is O=S(O)C(F)(F)C(F)(F)CCCCO. The summed E-state index contributed by atoms with van der Waals surface area (Å²) in [5, 5.41) is 3.29. The molecule has 0 amide bonds. The summed E-state index contributed by atoms with van der Waals surface area (Å²) in [5.41, 5.74) is 0. The molecule has 0 bridgehead atoms. The van der Waals surface area contributed by atoms with Crippen molar-refractivity contribution in [2.75, 3.05) is 6.61 Å². The second-order valence-corrected chi connectivity index (χ2v) is 3.66. The van der Waals surface area contributed by atoms with E-state index in [1.165, 1.54) is 0 Å². The van der Waals surface area contributed by atoms with E-state index in [1.54, 1.807) is 0 Å². The molecule has 1 atom stereocenters. The molecule has 3 nitrogen and oxygen atoms in total. The number of aliphatic hydroxyl groups is 1. The van der Waals surface area contributed by atoms with E-state index in [1.807, 2.05) is 0 Å². The first-order valence-corrected chi connectivity index (χ1v) is 4.84. The lowest BCUT2D eigenvalue weighted by molar-refractivity contribution is -0.162. The summed E-state index contributed by atoms with van der Waals surface area (Å²) < 4.78 is 67.9. The molecular weight excluding hydrogens is 228 g/mol. The first kappa shape index (κ1) is 13.8. The molecule has 0 aliphatic rings. The zero-order valence-corrected chi connectivity index (χ0v) is 7.87. The van der Waals surface area contributed by atoms with Crippen LogP contribution in [0.4, 0.5) is 17.6 Å². The predicted octanol–water partition coefficient (Wildman–Crippen LogP) is 1.60. The topological polar surface area (TPSA) is 57.5 Å². The van der Waals surface area contributed by atoms with Crippen LogP contribution in [0.15, 0.2) is 0 Å². The van der Waals surface area contributed by atoms with Gasteiger partial charge in [-0.15, -0.1) is 0 Å². The molecule has 0 aromatic carbocycles. The van der Waals surface area contributed by atoms with Gasteiger partial charge in [0, 0.05) is 13.0 Å². The number of hydrogen-bond acceptors (Lipinski definition) is 2. The second-order valence-electron chi connectivity index (χ2n) is 2.65. The van der Waals surface area contributed by atoms with Gasteiger partial charge in [0.05, 0.1) is 0 Å². The minimum Gasteiger partial charge on any atom is -0.396 e. The summed E-state index contributed by atoms with van der Waals surface area (Å²) in [7, 11) is 0. The Labute approximate surface area is 80.4 Å². The van der Waals surface area contributed by atoms with E-state index in [9.17, 15) is 21.8 Å². The Morgan fingerprint density at radius 3 is 2.00 bits per heavy atom. The quantitative estimate of drug-likeness (QED) is 0.420. The highest BCUT2D eigenvalue weighted by molar-refractivity contribution is 7.80. The molecule has 0 spiro atoms. The number of rotatable bonds is 6. The predicted molar refractivity (Wildman–Crippen MR) is 41.6 cm³/mol. The second kappa shape index (κ2) is 5.04. The van der Waals surface area contributed by atoms with Crippen molar-refractivity contribution in [3.63, 3.8) is 0 Å². The van der Waals surface area contributed by atoms with Crippen LogP contribution < -0.4 is 0 Å². The number of aliphatic hydroxyl groups excluding tert-OH is 1. The average Bonchev–Trinajstić information content (AvgIpc) is 2.04. The van der Waals surface area contributed by atoms with Gasteiger partial charge in [0.15, 0.2) is 0 Å². The van der Waals surface area contributed by atoms with Crippen molar-refractivity contribution in [2.45, 2.75) is 30.4 Å². The number of halogens is 4. The van der Waals surface area contributed by atoms with Crippen molar-refractivity contribution in [1.82, 2.24) is 0 Å². The summed E-state index contributed by atoms with van der Waals surface area (Å²) in [6.07, 6.45) is -1.62. The van der Waals surface area contributed by atoms with Crippen molar-refractivity contribution in [1.29, 1.82) is 0 Å². The van der Waals surface area contributed by atoms with Crippen LogP contribution in [0.2, 0.25) is 0 Å². The molecule has 0 aromatic heterocycles. The van der Waals surface area contributed by atoms with Gasteiger partial charge < -0.3 is 9.66 Å².